The first kappa shape index (κ1) is 20.9. The Labute approximate surface area is 161 Å². The average Bonchev–Trinajstić information content (AvgIpc) is 2.60. The number of aryl methyl sites for hydroxylation is 2. The van der Waals surface area contributed by atoms with Crippen molar-refractivity contribution in [2.45, 2.75) is 45.2 Å². The van der Waals surface area contributed by atoms with E-state index < -0.39 is 10.0 Å². The van der Waals surface area contributed by atoms with E-state index in [0.717, 1.165) is 11.1 Å². The summed E-state index contributed by atoms with van der Waals surface area (Å²) in [6.45, 7) is 8.08. The molecule has 2 amide bonds. The fraction of sp³-hybridized carbons (Fsp3) is 0.350. The summed E-state index contributed by atoms with van der Waals surface area (Å²) in [5.41, 5.74) is 3.88. The molecule has 0 atom stereocenters. The van der Waals surface area contributed by atoms with Crippen LogP contribution in [0.25, 0.3) is 0 Å². The second-order valence-corrected chi connectivity index (χ2v) is 8.87. The number of nitrogens with zero attached hydrogens (tertiary/aromatic N) is 1. The number of urea groups is 1. The Kier molecular flexibility index (Phi) is 6.62. The van der Waals surface area contributed by atoms with Gasteiger partial charge < -0.3 is 10.6 Å². The van der Waals surface area contributed by atoms with Crippen molar-refractivity contribution in [2.75, 3.05) is 12.4 Å². The van der Waals surface area contributed by atoms with Crippen molar-refractivity contribution in [3.05, 3.63) is 59.2 Å². The van der Waals surface area contributed by atoms with Crippen molar-refractivity contribution in [3.63, 3.8) is 0 Å². The van der Waals surface area contributed by atoms with Crippen molar-refractivity contribution in [2.24, 2.45) is 0 Å². The van der Waals surface area contributed by atoms with Gasteiger partial charge in [0.2, 0.25) is 10.0 Å². The molecule has 0 radical (unpaired) electrons. The van der Waals surface area contributed by atoms with Gasteiger partial charge in [0.15, 0.2) is 0 Å². The fourth-order valence-electron chi connectivity index (χ4n) is 2.55. The van der Waals surface area contributed by atoms with E-state index in [9.17, 15) is 13.2 Å². The van der Waals surface area contributed by atoms with Gasteiger partial charge >= 0.3 is 6.03 Å². The summed E-state index contributed by atoms with van der Waals surface area (Å²) >= 11 is 0. The third-order valence-electron chi connectivity index (χ3n) is 4.45. The number of nitrogens with one attached hydrogen (secondary N) is 2. The first-order valence-corrected chi connectivity index (χ1v) is 10.2. The molecule has 0 unspecified atom stereocenters. The lowest BCUT2D eigenvalue weighted by molar-refractivity contribution is 0.251. The molecule has 2 N–H and O–H groups in total. The van der Waals surface area contributed by atoms with Crippen LogP contribution in [0.2, 0.25) is 0 Å². The normalized spacial score (nSPS) is 11.7. The minimum atomic E-state index is -3.53. The molecule has 146 valence electrons. The lowest BCUT2D eigenvalue weighted by Crippen LogP contribution is -2.33. The van der Waals surface area contributed by atoms with Crippen LogP contribution in [0.1, 0.15) is 30.5 Å². The highest BCUT2D eigenvalue weighted by Gasteiger charge is 2.22. The predicted molar refractivity (Wildman–Crippen MR) is 108 cm³/mol. The van der Waals surface area contributed by atoms with Gasteiger partial charge in [0, 0.05) is 25.3 Å². The van der Waals surface area contributed by atoms with Gasteiger partial charge in [0.05, 0.1) is 4.90 Å². The Bertz CT molecular complexity index is 907. The summed E-state index contributed by atoms with van der Waals surface area (Å²) < 4.78 is 26.2. The molecule has 7 heteroatoms. The second kappa shape index (κ2) is 8.54. The highest BCUT2D eigenvalue weighted by Crippen LogP contribution is 2.19. The SMILES string of the molecule is Cc1ccc(CNC(=O)Nc2ccc(S(=O)(=O)N(C)C(C)C)cc2)c(C)c1. The number of hydrogen-bond acceptors (Lipinski definition) is 3. The molecule has 0 aromatic heterocycles. The zero-order valence-electron chi connectivity index (χ0n) is 16.4. The lowest BCUT2D eigenvalue weighted by atomic mass is 10.1. The first-order valence-electron chi connectivity index (χ1n) is 8.80. The molecule has 2 aromatic rings. The molecule has 6 nitrogen and oxygen atoms in total. The number of rotatable bonds is 6. The van der Waals surface area contributed by atoms with E-state index in [4.69, 9.17) is 0 Å². The smallest absolute Gasteiger partial charge is 0.319 e. The molecule has 0 aliphatic carbocycles. The first-order chi connectivity index (χ1) is 12.6. The topological polar surface area (TPSA) is 78.5 Å². The number of hydrogen-bond donors (Lipinski definition) is 2. The third-order valence-corrected chi connectivity index (χ3v) is 6.50. The Morgan fingerprint density at radius 2 is 1.70 bits per heavy atom. The van der Waals surface area contributed by atoms with Gasteiger partial charge in [-0.05, 0) is 63.1 Å². The van der Waals surface area contributed by atoms with Gasteiger partial charge in [-0.3, -0.25) is 0 Å². The molecule has 0 saturated carbocycles. The summed E-state index contributed by atoms with van der Waals surface area (Å²) in [4.78, 5) is 12.3. The molecule has 2 rings (SSSR count). The van der Waals surface area contributed by atoms with E-state index in [-0.39, 0.29) is 17.0 Å². The van der Waals surface area contributed by atoms with Gasteiger partial charge in [-0.25, -0.2) is 13.2 Å². The van der Waals surface area contributed by atoms with Crippen LogP contribution in [0.4, 0.5) is 10.5 Å². The molecule has 0 aliphatic heterocycles. The van der Waals surface area contributed by atoms with E-state index in [1.165, 1.54) is 22.0 Å². The van der Waals surface area contributed by atoms with Crippen LogP contribution in [0.3, 0.4) is 0 Å². The maximum atomic E-state index is 12.4. The highest BCUT2D eigenvalue weighted by atomic mass is 32.2. The molecule has 0 bridgehead atoms. The zero-order valence-corrected chi connectivity index (χ0v) is 17.2. The molecule has 27 heavy (non-hydrogen) atoms. The molecule has 0 spiro atoms. The minimum absolute atomic E-state index is 0.135. The molecule has 0 aliphatic rings. The number of anilines is 1. The van der Waals surface area contributed by atoms with Crippen LogP contribution >= 0.6 is 0 Å². The summed E-state index contributed by atoms with van der Waals surface area (Å²) in [6.07, 6.45) is 0. The summed E-state index contributed by atoms with van der Waals surface area (Å²) in [7, 11) is -1.98. The molecular weight excluding hydrogens is 362 g/mol. The molecule has 0 saturated heterocycles. The Morgan fingerprint density at radius 3 is 2.26 bits per heavy atom. The van der Waals surface area contributed by atoms with Gasteiger partial charge in [-0.1, -0.05) is 23.8 Å². The maximum Gasteiger partial charge on any atom is 0.319 e. The number of carbonyl (C=O) groups excluding carboxylic acids is 1. The zero-order chi connectivity index (χ0) is 20.2. The molecular formula is C20H27N3O3S. The molecule has 2 aromatic carbocycles. The summed E-state index contributed by atoms with van der Waals surface area (Å²) in [5.74, 6) is 0. The van der Waals surface area contributed by atoms with Crippen LogP contribution in [-0.2, 0) is 16.6 Å². The average molecular weight is 390 g/mol. The van der Waals surface area contributed by atoms with Gasteiger partial charge in [-0.2, -0.15) is 4.31 Å². The highest BCUT2D eigenvalue weighted by molar-refractivity contribution is 7.89. The van der Waals surface area contributed by atoms with Crippen molar-refractivity contribution >= 4 is 21.7 Å². The number of sulfonamides is 1. The van der Waals surface area contributed by atoms with Crippen LogP contribution < -0.4 is 10.6 Å². The number of carbonyl (C=O) groups is 1. The summed E-state index contributed by atoms with van der Waals surface area (Å²) in [5, 5.41) is 5.52. The second-order valence-electron chi connectivity index (χ2n) is 6.88. The third kappa shape index (κ3) is 5.30. The van der Waals surface area contributed by atoms with Crippen molar-refractivity contribution < 1.29 is 13.2 Å². The monoisotopic (exact) mass is 389 g/mol. The number of amides is 2. The van der Waals surface area contributed by atoms with Crippen LogP contribution in [-0.4, -0.2) is 31.8 Å². The quantitative estimate of drug-likeness (QED) is 0.791. The van der Waals surface area contributed by atoms with Crippen molar-refractivity contribution in [1.29, 1.82) is 0 Å². The van der Waals surface area contributed by atoms with Gasteiger partial charge in [0.25, 0.3) is 0 Å². The van der Waals surface area contributed by atoms with Gasteiger partial charge in [0.1, 0.15) is 0 Å². The van der Waals surface area contributed by atoms with Crippen LogP contribution in [0.15, 0.2) is 47.4 Å². The van der Waals surface area contributed by atoms with Crippen molar-refractivity contribution in [1.82, 2.24) is 9.62 Å². The van der Waals surface area contributed by atoms with Crippen LogP contribution in [0.5, 0.6) is 0 Å². The fourth-order valence-corrected chi connectivity index (χ4v) is 3.92. The van der Waals surface area contributed by atoms with E-state index in [1.807, 2.05) is 39.8 Å². The van der Waals surface area contributed by atoms with E-state index >= 15 is 0 Å². The Morgan fingerprint density at radius 1 is 1.07 bits per heavy atom. The predicted octanol–water partition coefficient (Wildman–Crippen LogP) is 3.65. The van der Waals surface area contributed by atoms with Crippen molar-refractivity contribution in [3.8, 4) is 0 Å². The molecule has 0 heterocycles. The maximum absolute atomic E-state index is 12.4. The number of benzene rings is 2. The van der Waals surface area contributed by atoms with E-state index in [1.54, 1.807) is 19.2 Å². The summed E-state index contributed by atoms with van der Waals surface area (Å²) in [6, 6.07) is 11.7. The molecule has 0 fully saturated rings. The minimum Gasteiger partial charge on any atom is -0.334 e. The lowest BCUT2D eigenvalue weighted by Gasteiger charge is -2.21. The Balaban J connectivity index is 1.98. The van der Waals surface area contributed by atoms with Crippen LogP contribution in [0, 0.1) is 13.8 Å². The standard InChI is InChI=1S/C20H27N3O3S/c1-14(2)23(5)27(25,26)19-10-8-18(9-11-19)22-20(24)21-13-17-7-6-15(3)12-16(17)4/h6-12,14H,13H2,1-5H3,(H2,21,22,24). The van der Waals surface area contributed by atoms with E-state index in [2.05, 4.69) is 16.7 Å². The Hall–Kier alpha value is -2.38. The largest absolute Gasteiger partial charge is 0.334 e. The van der Waals surface area contributed by atoms with E-state index in [0.29, 0.717) is 12.2 Å². The van der Waals surface area contributed by atoms with Gasteiger partial charge in [-0.15, -0.1) is 0 Å².